The molecule has 100 valence electrons. The highest BCUT2D eigenvalue weighted by Gasteiger charge is 2.32. The van der Waals surface area contributed by atoms with Gasteiger partial charge in [0.1, 0.15) is 0 Å². The summed E-state index contributed by atoms with van der Waals surface area (Å²) < 4.78 is 1.91. The number of nitrogens with two attached hydrogens (primary N) is 1. The second kappa shape index (κ2) is 4.79. The Labute approximate surface area is 113 Å². The summed E-state index contributed by atoms with van der Waals surface area (Å²) in [7, 11) is 2.15. The van der Waals surface area contributed by atoms with Gasteiger partial charge in [0.15, 0.2) is 0 Å². The normalized spacial score (nSPS) is 19.5. The summed E-state index contributed by atoms with van der Waals surface area (Å²) in [6.07, 6.45) is 5.97. The van der Waals surface area contributed by atoms with Crippen molar-refractivity contribution in [2.24, 2.45) is 5.73 Å². The van der Waals surface area contributed by atoms with E-state index in [2.05, 4.69) is 35.4 Å². The number of piperidine rings is 1. The van der Waals surface area contributed by atoms with E-state index in [1.165, 1.54) is 0 Å². The maximum Gasteiger partial charge on any atom is 0.0645 e. The third-order valence-electron chi connectivity index (χ3n) is 4.06. The monoisotopic (exact) mass is 256 g/mol. The smallest absolute Gasteiger partial charge is 0.0645 e. The molecule has 1 aliphatic rings. The van der Waals surface area contributed by atoms with Crippen molar-refractivity contribution in [1.29, 1.82) is 0 Å². The maximum atomic E-state index is 6.55. The number of aromatic nitrogens is 2. The summed E-state index contributed by atoms with van der Waals surface area (Å²) in [4.78, 5) is 2.33. The molecule has 0 radical (unpaired) electrons. The van der Waals surface area contributed by atoms with Gasteiger partial charge in [0.05, 0.1) is 11.9 Å². The van der Waals surface area contributed by atoms with Gasteiger partial charge in [-0.2, -0.15) is 5.10 Å². The van der Waals surface area contributed by atoms with E-state index in [9.17, 15) is 0 Å². The van der Waals surface area contributed by atoms with Crippen molar-refractivity contribution in [1.82, 2.24) is 14.7 Å². The molecule has 3 rings (SSSR count). The molecule has 2 N–H and O–H groups in total. The molecule has 4 nitrogen and oxygen atoms in total. The largest absolute Gasteiger partial charge is 0.321 e. The molecule has 0 saturated carbocycles. The maximum absolute atomic E-state index is 6.55. The van der Waals surface area contributed by atoms with Gasteiger partial charge in [-0.25, -0.2) is 4.68 Å². The van der Waals surface area contributed by atoms with Crippen LogP contribution in [0.2, 0.25) is 0 Å². The van der Waals surface area contributed by atoms with Crippen molar-refractivity contribution < 1.29 is 0 Å². The lowest BCUT2D eigenvalue weighted by Gasteiger charge is -2.37. The topological polar surface area (TPSA) is 47.1 Å². The highest BCUT2D eigenvalue weighted by Crippen LogP contribution is 2.29. The summed E-state index contributed by atoms with van der Waals surface area (Å²) in [5, 5.41) is 4.45. The van der Waals surface area contributed by atoms with Crippen LogP contribution in [0.25, 0.3) is 5.69 Å². The van der Waals surface area contributed by atoms with Crippen LogP contribution in [0.5, 0.6) is 0 Å². The van der Waals surface area contributed by atoms with Crippen molar-refractivity contribution in [2.75, 3.05) is 20.1 Å². The lowest BCUT2D eigenvalue weighted by molar-refractivity contribution is 0.191. The molecule has 1 saturated heterocycles. The van der Waals surface area contributed by atoms with Crippen molar-refractivity contribution in [3.05, 3.63) is 48.3 Å². The molecule has 2 aromatic rings. The lowest BCUT2D eigenvalue weighted by Crippen LogP contribution is -2.46. The van der Waals surface area contributed by atoms with E-state index in [0.717, 1.165) is 37.2 Å². The molecule has 0 bridgehead atoms. The van der Waals surface area contributed by atoms with Gasteiger partial charge in [0, 0.05) is 17.3 Å². The van der Waals surface area contributed by atoms with Crippen molar-refractivity contribution in [2.45, 2.75) is 18.4 Å². The summed E-state index contributed by atoms with van der Waals surface area (Å²) in [5.74, 6) is 0. The second-order valence-electron chi connectivity index (χ2n) is 5.47. The first-order valence-electron chi connectivity index (χ1n) is 6.75. The first-order chi connectivity index (χ1) is 9.17. The molecular formula is C15H20N4. The summed E-state index contributed by atoms with van der Waals surface area (Å²) in [5.41, 5.74) is 8.55. The number of hydrogen-bond donors (Lipinski definition) is 1. The number of para-hydroxylation sites is 1. The molecule has 0 aliphatic carbocycles. The van der Waals surface area contributed by atoms with Crippen molar-refractivity contribution >= 4 is 0 Å². The highest BCUT2D eigenvalue weighted by atomic mass is 15.3. The van der Waals surface area contributed by atoms with Gasteiger partial charge >= 0.3 is 0 Å². The van der Waals surface area contributed by atoms with Crippen LogP contribution in [0.3, 0.4) is 0 Å². The molecule has 1 aromatic carbocycles. The van der Waals surface area contributed by atoms with Crippen LogP contribution in [0, 0.1) is 0 Å². The molecule has 1 aromatic heterocycles. The van der Waals surface area contributed by atoms with E-state index in [0.29, 0.717) is 0 Å². The van der Waals surface area contributed by atoms with E-state index in [-0.39, 0.29) is 5.54 Å². The van der Waals surface area contributed by atoms with Gasteiger partial charge in [-0.05, 0) is 45.1 Å². The third-order valence-corrected chi connectivity index (χ3v) is 4.06. The molecule has 0 spiro atoms. The summed E-state index contributed by atoms with van der Waals surface area (Å²) in [6.45, 7) is 2.10. The van der Waals surface area contributed by atoms with Crippen LogP contribution >= 0.6 is 0 Å². The highest BCUT2D eigenvalue weighted by molar-refractivity contribution is 5.32. The fourth-order valence-electron chi connectivity index (χ4n) is 2.61. The molecule has 0 unspecified atom stereocenters. The minimum atomic E-state index is -0.223. The molecule has 2 heterocycles. The van der Waals surface area contributed by atoms with E-state index >= 15 is 0 Å². The van der Waals surface area contributed by atoms with Crippen LogP contribution in [-0.4, -0.2) is 34.8 Å². The standard InChI is InChI=1S/C15H20N4/c1-18-9-7-15(16,8-10-18)13-11-17-19(12-13)14-5-3-2-4-6-14/h2-6,11-12H,7-10,16H2,1H3. The van der Waals surface area contributed by atoms with Crippen molar-refractivity contribution in [3.8, 4) is 5.69 Å². The molecule has 19 heavy (non-hydrogen) atoms. The van der Waals surface area contributed by atoms with E-state index in [1.54, 1.807) is 0 Å². The molecule has 1 fully saturated rings. The second-order valence-corrected chi connectivity index (χ2v) is 5.47. The number of hydrogen-bond acceptors (Lipinski definition) is 3. The number of nitrogens with zero attached hydrogens (tertiary/aromatic N) is 3. The fraction of sp³-hybridized carbons (Fsp3) is 0.400. The molecule has 0 atom stereocenters. The van der Waals surface area contributed by atoms with E-state index in [1.807, 2.05) is 29.1 Å². The Hall–Kier alpha value is -1.65. The SMILES string of the molecule is CN1CCC(N)(c2cnn(-c3ccccc3)c2)CC1. The summed E-state index contributed by atoms with van der Waals surface area (Å²) in [6, 6.07) is 10.1. The minimum absolute atomic E-state index is 0.223. The predicted molar refractivity (Wildman–Crippen MR) is 76.2 cm³/mol. The number of likely N-dealkylation sites (tertiary alicyclic amines) is 1. The van der Waals surface area contributed by atoms with Gasteiger partial charge in [0.2, 0.25) is 0 Å². The number of rotatable bonds is 2. The summed E-state index contributed by atoms with van der Waals surface area (Å²) >= 11 is 0. The molecule has 0 amide bonds. The van der Waals surface area contributed by atoms with Crippen LogP contribution < -0.4 is 5.73 Å². The Balaban J connectivity index is 1.85. The first-order valence-corrected chi connectivity index (χ1v) is 6.75. The first kappa shape index (κ1) is 12.4. The van der Waals surface area contributed by atoms with Crippen LogP contribution in [0.4, 0.5) is 0 Å². The molecular weight excluding hydrogens is 236 g/mol. The number of benzene rings is 1. The quantitative estimate of drug-likeness (QED) is 0.890. The zero-order chi connectivity index (χ0) is 13.3. The zero-order valence-electron chi connectivity index (χ0n) is 11.3. The van der Waals surface area contributed by atoms with Crippen molar-refractivity contribution in [3.63, 3.8) is 0 Å². The average Bonchev–Trinajstić information content (AvgIpc) is 2.94. The van der Waals surface area contributed by atoms with Gasteiger partial charge in [-0.3, -0.25) is 0 Å². The van der Waals surface area contributed by atoms with Gasteiger partial charge in [-0.1, -0.05) is 18.2 Å². The van der Waals surface area contributed by atoms with Crippen LogP contribution in [-0.2, 0) is 5.54 Å². The molecule has 1 aliphatic heterocycles. The van der Waals surface area contributed by atoms with Crippen LogP contribution in [0.15, 0.2) is 42.7 Å². The van der Waals surface area contributed by atoms with E-state index in [4.69, 9.17) is 5.73 Å². The van der Waals surface area contributed by atoms with Gasteiger partial charge in [-0.15, -0.1) is 0 Å². The van der Waals surface area contributed by atoms with Gasteiger partial charge in [0.25, 0.3) is 0 Å². The third kappa shape index (κ3) is 2.41. The Kier molecular flexibility index (Phi) is 3.12. The lowest BCUT2D eigenvalue weighted by atomic mass is 9.84. The predicted octanol–water partition coefficient (Wildman–Crippen LogP) is 1.75. The van der Waals surface area contributed by atoms with Crippen LogP contribution in [0.1, 0.15) is 18.4 Å². The van der Waals surface area contributed by atoms with Gasteiger partial charge < -0.3 is 10.6 Å². The Morgan fingerprint density at radius 3 is 2.53 bits per heavy atom. The fourth-order valence-corrected chi connectivity index (χ4v) is 2.61. The minimum Gasteiger partial charge on any atom is -0.321 e. The Bertz CT molecular complexity index is 538. The Morgan fingerprint density at radius 1 is 1.16 bits per heavy atom. The molecule has 4 heteroatoms. The van der Waals surface area contributed by atoms with E-state index < -0.39 is 0 Å². The Morgan fingerprint density at radius 2 is 1.84 bits per heavy atom. The zero-order valence-corrected chi connectivity index (χ0v) is 11.3. The average molecular weight is 256 g/mol.